The molecule has 8 nitrogen and oxygen atoms in total. The third-order valence-corrected chi connectivity index (χ3v) is 4.13. The van der Waals surface area contributed by atoms with Gasteiger partial charge < -0.3 is 20.9 Å². The molecule has 0 aromatic carbocycles. The quantitative estimate of drug-likeness (QED) is 0.720. The first-order valence-corrected chi connectivity index (χ1v) is 7.30. The molecule has 1 saturated heterocycles. The largest absolute Gasteiger partial charge is 0.387 e. The summed E-state index contributed by atoms with van der Waals surface area (Å²) in [5.41, 5.74) is 4.30. The maximum absolute atomic E-state index is 15.3. The molecule has 0 bridgehead atoms. The molecule has 0 unspecified atom stereocenters. The molecule has 2 aromatic heterocycles. The topological polar surface area (TPSA) is 111 Å². The number of alkyl halides is 1. The van der Waals surface area contributed by atoms with Gasteiger partial charge in [-0.25, -0.2) is 9.37 Å². The highest BCUT2D eigenvalue weighted by Crippen LogP contribution is 2.44. The van der Waals surface area contributed by atoms with E-state index >= 15 is 4.39 Å². The molecule has 3 heterocycles. The molecule has 0 saturated carbocycles. The molecule has 9 heteroatoms. The van der Waals surface area contributed by atoms with Crippen LogP contribution in [0.3, 0.4) is 0 Å². The average Bonchev–Trinajstić information content (AvgIpc) is 3.07. The predicted octanol–water partition coefficient (Wildman–Crippen LogP) is 1.01. The van der Waals surface area contributed by atoms with Crippen molar-refractivity contribution < 1.29 is 14.2 Å². The number of imidazole rings is 1. The van der Waals surface area contributed by atoms with Crippen LogP contribution in [0.2, 0.25) is 0 Å². The van der Waals surface area contributed by atoms with Crippen LogP contribution in [0.5, 0.6) is 0 Å². The van der Waals surface area contributed by atoms with Gasteiger partial charge in [-0.15, -0.1) is 0 Å². The van der Waals surface area contributed by atoms with Gasteiger partial charge in [-0.3, -0.25) is 4.57 Å². The Bertz CT molecular complexity index is 750. The first kappa shape index (κ1) is 15.6. The molecular formula is C14H19FN6O2. The molecule has 124 valence electrons. The second-order valence-electron chi connectivity index (χ2n) is 5.42. The summed E-state index contributed by atoms with van der Waals surface area (Å²) in [6.45, 7) is 5.32. The molecule has 0 amide bonds. The normalized spacial score (nSPS) is 30.7. The molecule has 0 aliphatic carbocycles. The summed E-state index contributed by atoms with van der Waals surface area (Å²) in [5.74, 6) is 0.456. The fraction of sp³-hybridized carbons (Fsp3) is 0.500. The maximum atomic E-state index is 15.3. The van der Waals surface area contributed by atoms with Gasteiger partial charge in [0.1, 0.15) is 6.10 Å². The van der Waals surface area contributed by atoms with E-state index < -0.39 is 24.1 Å². The zero-order valence-electron chi connectivity index (χ0n) is 12.9. The lowest BCUT2D eigenvalue weighted by molar-refractivity contribution is -0.0358. The summed E-state index contributed by atoms with van der Waals surface area (Å²) < 4.78 is 22.4. The Kier molecular flexibility index (Phi) is 3.69. The minimum Gasteiger partial charge on any atom is -0.387 e. The first-order chi connectivity index (χ1) is 11.0. The number of anilines is 2. The van der Waals surface area contributed by atoms with E-state index in [1.807, 2.05) is 6.92 Å². The van der Waals surface area contributed by atoms with Gasteiger partial charge in [-0.1, -0.05) is 13.5 Å². The lowest BCUT2D eigenvalue weighted by Gasteiger charge is -2.25. The second kappa shape index (κ2) is 5.43. The number of fused-ring (bicyclic) bond motifs is 1. The van der Waals surface area contributed by atoms with Crippen LogP contribution in [0.1, 0.15) is 19.6 Å². The summed E-state index contributed by atoms with van der Waals surface area (Å²) >= 11 is 0. The van der Waals surface area contributed by atoms with E-state index in [9.17, 15) is 5.11 Å². The van der Waals surface area contributed by atoms with E-state index in [1.54, 1.807) is 7.05 Å². The van der Waals surface area contributed by atoms with Crippen molar-refractivity contribution in [3.05, 3.63) is 19.0 Å². The first-order valence-electron chi connectivity index (χ1n) is 7.30. The standard InChI is InChI=1S/C14H19FN6O2/c1-4-7-9(22)14(15,5-2)12(23-7)21-6-18-8-10(17-3)19-13(16)20-11(8)21/h5-7,9,12,22H,2,4H2,1,3H3,(H3,16,17,19,20)/t7-,9-,12-,14-/m1/s1. The summed E-state index contributed by atoms with van der Waals surface area (Å²) in [6.07, 6.45) is -0.189. The number of nitrogens with two attached hydrogens (primary N) is 1. The fourth-order valence-corrected chi connectivity index (χ4v) is 2.87. The Morgan fingerprint density at radius 3 is 2.96 bits per heavy atom. The van der Waals surface area contributed by atoms with E-state index in [4.69, 9.17) is 10.5 Å². The smallest absolute Gasteiger partial charge is 0.224 e. The van der Waals surface area contributed by atoms with Crippen LogP contribution in [-0.4, -0.2) is 49.5 Å². The summed E-state index contributed by atoms with van der Waals surface area (Å²) in [6, 6.07) is 0. The van der Waals surface area contributed by atoms with E-state index in [0.29, 0.717) is 23.4 Å². The van der Waals surface area contributed by atoms with Crippen molar-refractivity contribution in [2.24, 2.45) is 0 Å². The number of nitrogens with zero attached hydrogens (tertiary/aromatic N) is 4. The van der Waals surface area contributed by atoms with Crippen molar-refractivity contribution in [1.29, 1.82) is 0 Å². The molecule has 0 radical (unpaired) electrons. The number of aliphatic hydroxyl groups excluding tert-OH is 1. The molecule has 1 aliphatic heterocycles. The highest BCUT2D eigenvalue weighted by atomic mass is 19.1. The number of rotatable bonds is 4. The number of nitrogens with one attached hydrogen (secondary N) is 1. The van der Waals surface area contributed by atoms with Crippen molar-refractivity contribution in [2.75, 3.05) is 18.1 Å². The Morgan fingerprint density at radius 2 is 2.35 bits per heavy atom. The summed E-state index contributed by atoms with van der Waals surface area (Å²) in [4.78, 5) is 12.4. The predicted molar refractivity (Wildman–Crippen MR) is 83.5 cm³/mol. The van der Waals surface area contributed by atoms with E-state index in [1.165, 1.54) is 10.9 Å². The Morgan fingerprint density at radius 1 is 1.61 bits per heavy atom. The van der Waals surface area contributed by atoms with Crippen molar-refractivity contribution in [2.45, 2.75) is 37.4 Å². The molecule has 23 heavy (non-hydrogen) atoms. The van der Waals surface area contributed by atoms with Crippen LogP contribution in [0.25, 0.3) is 11.2 Å². The number of aliphatic hydroxyl groups is 1. The molecule has 2 aromatic rings. The maximum Gasteiger partial charge on any atom is 0.224 e. The molecule has 4 N–H and O–H groups in total. The number of nitrogen functional groups attached to an aromatic ring is 1. The van der Waals surface area contributed by atoms with E-state index in [0.717, 1.165) is 6.08 Å². The molecule has 1 aliphatic rings. The van der Waals surface area contributed by atoms with Crippen LogP contribution in [0.15, 0.2) is 19.0 Å². The highest BCUT2D eigenvalue weighted by Gasteiger charge is 2.56. The monoisotopic (exact) mass is 322 g/mol. The molecule has 3 rings (SSSR count). The Hall–Kier alpha value is -2.26. The van der Waals surface area contributed by atoms with Crippen LogP contribution in [0, 0.1) is 0 Å². The lowest BCUT2D eigenvalue weighted by Crippen LogP contribution is -2.40. The van der Waals surface area contributed by atoms with Gasteiger partial charge in [0.05, 0.1) is 12.4 Å². The third kappa shape index (κ3) is 2.15. The van der Waals surface area contributed by atoms with Crippen molar-refractivity contribution in [3.63, 3.8) is 0 Å². The van der Waals surface area contributed by atoms with Gasteiger partial charge in [0.15, 0.2) is 23.2 Å². The van der Waals surface area contributed by atoms with E-state index in [-0.39, 0.29) is 5.95 Å². The third-order valence-electron chi connectivity index (χ3n) is 4.13. The zero-order chi connectivity index (χ0) is 16.8. The summed E-state index contributed by atoms with van der Waals surface area (Å²) in [7, 11) is 1.67. The van der Waals surface area contributed by atoms with Crippen LogP contribution in [-0.2, 0) is 4.74 Å². The highest BCUT2D eigenvalue weighted by molar-refractivity contribution is 5.84. The number of ether oxygens (including phenoxy) is 1. The van der Waals surface area contributed by atoms with Gasteiger partial charge in [0.25, 0.3) is 0 Å². The number of hydrogen-bond donors (Lipinski definition) is 3. The molecule has 4 atom stereocenters. The van der Waals surface area contributed by atoms with Crippen molar-refractivity contribution in [3.8, 4) is 0 Å². The second-order valence-corrected chi connectivity index (χ2v) is 5.42. The van der Waals surface area contributed by atoms with Crippen molar-refractivity contribution in [1.82, 2.24) is 19.5 Å². The van der Waals surface area contributed by atoms with Gasteiger partial charge in [0.2, 0.25) is 11.6 Å². The van der Waals surface area contributed by atoms with Gasteiger partial charge >= 0.3 is 0 Å². The molecule has 1 fully saturated rings. The zero-order valence-corrected chi connectivity index (χ0v) is 12.9. The van der Waals surface area contributed by atoms with E-state index in [2.05, 4.69) is 26.8 Å². The fourth-order valence-electron chi connectivity index (χ4n) is 2.87. The minimum atomic E-state index is -2.16. The SMILES string of the molecule is C=C[C@@]1(F)[C@H](O)[C@@H](CC)O[C@H]1n1cnc2c(NC)nc(N)nc21. The summed E-state index contributed by atoms with van der Waals surface area (Å²) in [5, 5.41) is 13.1. The van der Waals surface area contributed by atoms with Crippen LogP contribution < -0.4 is 11.1 Å². The van der Waals surface area contributed by atoms with Crippen LogP contribution >= 0.6 is 0 Å². The Balaban J connectivity index is 2.16. The van der Waals surface area contributed by atoms with Crippen LogP contribution in [0.4, 0.5) is 16.2 Å². The molecule has 0 spiro atoms. The van der Waals surface area contributed by atoms with Gasteiger partial charge in [0, 0.05) is 7.05 Å². The Labute approximate surface area is 132 Å². The van der Waals surface area contributed by atoms with Gasteiger partial charge in [-0.2, -0.15) is 9.97 Å². The number of halogens is 1. The number of aromatic nitrogens is 4. The average molecular weight is 322 g/mol. The lowest BCUT2D eigenvalue weighted by atomic mass is 9.95. The van der Waals surface area contributed by atoms with Gasteiger partial charge in [-0.05, 0) is 12.5 Å². The van der Waals surface area contributed by atoms with Crippen molar-refractivity contribution >= 4 is 22.9 Å². The molecular weight excluding hydrogens is 303 g/mol. The number of hydrogen-bond acceptors (Lipinski definition) is 7. The minimum absolute atomic E-state index is 0.0252.